The Hall–Kier alpha value is -2.12. The van der Waals surface area contributed by atoms with Crippen molar-refractivity contribution in [1.29, 1.82) is 0 Å². The first-order valence-corrected chi connectivity index (χ1v) is 9.54. The highest BCUT2D eigenvalue weighted by molar-refractivity contribution is 8.00. The van der Waals surface area contributed by atoms with Crippen LogP contribution in [0.5, 0.6) is 11.5 Å². The van der Waals surface area contributed by atoms with E-state index in [0.717, 1.165) is 14.6 Å². The molecule has 1 amide bonds. The molecule has 0 radical (unpaired) electrons. The summed E-state index contributed by atoms with van der Waals surface area (Å²) in [6.45, 7) is 4.00. The van der Waals surface area contributed by atoms with Crippen molar-refractivity contribution in [3.63, 3.8) is 0 Å². The highest BCUT2D eigenvalue weighted by atomic mass is 32.2. The number of fused-ring (bicyclic) bond motifs is 1. The highest BCUT2D eigenvalue weighted by Crippen LogP contribution is 2.31. The van der Waals surface area contributed by atoms with Crippen molar-refractivity contribution in [1.82, 2.24) is 15.3 Å². The van der Waals surface area contributed by atoms with Gasteiger partial charge in [-0.15, -0.1) is 11.3 Å². The number of hydrogen-bond donors (Lipinski definition) is 1. The van der Waals surface area contributed by atoms with Crippen LogP contribution in [0, 0.1) is 0 Å². The predicted molar refractivity (Wildman–Crippen MR) is 100 cm³/mol. The van der Waals surface area contributed by atoms with Crippen molar-refractivity contribution in [2.24, 2.45) is 0 Å². The Labute approximate surface area is 149 Å². The third-order valence-electron chi connectivity index (χ3n) is 2.94. The van der Waals surface area contributed by atoms with E-state index in [2.05, 4.69) is 15.3 Å². The van der Waals surface area contributed by atoms with E-state index in [4.69, 9.17) is 4.74 Å². The minimum atomic E-state index is -0.245. The van der Waals surface area contributed by atoms with E-state index in [9.17, 15) is 4.79 Å². The summed E-state index contributed by atoms with van der Waals surface area (Å²) in [7, 11) is 1.57. The molecule has 0 fully saturated rings. The molecular formula is C17H19N3O2S2. The molecule has 0 aliphatic heterocycles. The molecule has 24 heavy (non-hydrogen) atoms. The number of carbonyl (C=O) groups is 1. The number of nitrogens with zero attached hydrogens (tertiary/aromatic N) is 2. The second-order valence-corrected chi connectivity index (χ2v) is 6.46. The van der Waals surface area contributed by atoms with Crippen LogP contribution in [0.1, 0.15) is 24.3 Å². The molecule has 0 aliphatic rings. The van der Waals surface area contributed by atoms with Crippen LogP contribution in [-0.2, 0) is 0 Å². The summed E-state index contributed by atoms with van der Waals surface area (Å²) in [6.07, 6.45) is 3.56. The molecule has 0 aliphatic carbocycles. The van der Waals surface area contributed by atoms with E-state index in [-0.39, 0.29) is 5.91 Å². The summed E-state index contributed by atoms with van der Waals surface area (Å²) >= 11 is 3.28. The standard InChI is InChI=1S/C15H13N3O2S2.C2H6/c1-16-14(19)12-8-10(5-6-17-12)20-9-3-4-13-11(7-9)18-15(21-2)22-13;1-2/h3-8H,1-2H3,(H,16,19);1-2H3. The van der Waals surface area contributed by atoms with E-state index in [1.807, 2.05) is 38.3 Å². The number of rotatable bonds is 4. The number of ether oxygens (including phenoxy) is 1. The average Bonchev–Trinajstić information content (AvgIpc) is 3.05. The smallest absolute Gasteiger partial charge is 0.269 e. The zero-order valence-electron chi connectivity index (χ0n) is 14.0. The summed E-state index contributed by atoms with van der Waals surface area (Å²) in [6, 6.07) is 9.10. The van der Waals surface area contributed by atoms with Gasteiger partial charge in [-0.3, -0.25) is 9.78 Å². The fourth-order valence-electron chi connectivity index (χ4n) is 1.90. The highest BCUT2D eigenvalue weighted by Gasteiger charge is 2.08. The van der Waals surface area contributed by atoms with Gasteiger partial charge in [0.25, 0.3) is 5.91 Å². The Kier molecular flexibility index (Phi) is 6.57. The van der Waals surface area contributed by atoms with Crippen LogP contribution >= 0.6 is 23.1 Å². The molecule has 0 saturated heterocycles. The number of thiazole rings is 1. The van der Waals surface area contributed by atoms with Crippen LogP contribution in [0.3, 0.4) is 0 Å². The average molecular weight is 361 g/mol. The fraction of sp³-hybridized carbons (Fsp3) is 0.235. The lowest BCUT2D eigenvalue weighted by molar-refractivity contribution is 0.0958. The molecule has 3 aromatic rings. The number of benzene rings is 1. The molecule has 2 aromatic heterocycles. The van der Waals surface area contributed by atoms with Crippen LogP contribution in [0.25, 0.3) is 10.2 Å². The molecule has 0 atom stereocenters. The summed E-state index contributed by atoms with van der Waals surface area (Å²) in [4.78, 5) is 20.1. The normalized spacial score (nSPS) is 10.0. The van der Waals surface area contributed by atoms with Gasteiger partial charge in [0.05, 0.1) is 10.2 Å². The van der Waals surface area contributed by atoms with Gasteiger partial charge in [-0.2, -0.15) is 0 Å². The fourth-order valence-corrected chi connectivity index (χ4v) is 3.37. The SMILES string of the molecule is CC.CNC(=O)c1cc(Oc2ccc3sc(SC)nc3c2)ccn1. The second kappa shape index (κ2) is 8.65. The van der Waals surface area contributed by atoms with Crippen LogP contribution in [0.4, 0.5) is 0 Å². The first kappa shape index (κ1) is 18.2. The molecule has 126 valence electrons. The van der Waals surface area contributed by atoms with Gasteiger partial charge in [-0.25, -0.2) is 4.98 Å². The van der Waals surface area contributed by atoms with Crippen molar-refractivity contribution < 1.29 is 9.53 Å². The second-order valence-electron chi connectivity index (χ2n) is 4.37. The Morgan fingerprint density at radius 1 is 1.21 bits per heavy atom. The first-order valence-electron chi connectivity index (χ1n) is 7.50. The Bertz CT molecular complexity index is 834. The van der Waals surface area contributed by atoms with Gasteiger partial charge in [0.1, 0.15) is 17.2 Å². The quantitative estimate of drug-likeness (QED) is 0.689. The zero-order chi connectivity index (χ0) is 17.5. The van der Waals surface area contributed by atoms with Gasteiger partial charge < -0.3 is 10.1 Å². The summed E-state index contributed by atoms with van der Waals surface area (Å²) in [5, 5.41) is 2.54. The Morgan fingerprint density at radius 3 is 2.67 bits per heavy atom. The minimum absolute atomic E-state index is 0.245. The molecule has 0 saturated carbocycles. The van der Waals surface area contributed by atoms with Gasteiger partial charge in [0.2, 0.25) is 0 Å². The predicted octanol–water partition coefficient (Wildman–Crippen LogP) is 4.59. The largest absolute Gasteiger partial charge is 0.457 e. The van der Waals surface area contributed by atoms with Crippen molar-refractivity contribution in [3.8, 4) is 11.5 Å². The molecule has 1 aromatic carbocycles. The van der Waals surface area contributed by atoms with Gasteiger partial charge in [-0.05, 0) is 24.5 Å². The number of aromatic nitrogens is 2. The maximum Gasteiger partial charge on any atom is 0.269 e. The third kappa shape index (κ3) is 4.24. The van der Waals surface area contributed by atoms with Crippen LogP contribution in [0.2, 0.25) is 0 Å². The third-order valence-corrected chi connectivity index (χ3v) is 4.96. The molecule has 5 nitrogen and oxygen atoms in total. The first-order chi connectivity index (χ1) is 11.7. The topological polar surface area (TPSA) is 64.1 Å². The monoisotopic (exact) mass is 361 g/mol. The number of amides is 1. The van der Waals surface area contributed by atoms with Gasteiger partial charge in [0, 0.05) is 25.4 Å². The van der Waals surface area contributed by atoms with Crippen LogP contribution < -0.4 is 10.1 Å². The van der Waals surface area contributed by atoms with E-state index >= 15 is 0 Å². The summed E-state index contributed by atoms with van der Waals surface area (Å²) in [5.41, 5.74) is 1.23. The molecule has 2 heterocycles. The van der Waals surface area contributed by atoms with E-state index in [0.29, 0.717) is 17.2 Å². The lowest BCUT2D eigenvalue weighted by Gasteiger charge is -2.06. The minimum Gasteiger partial charge on any atom is -0.457 e. The van der Waals surface area contributed by atoms with Crippen molar-refractivity contribution >= 4 is 39.2 Å². The molecule has 1 N–H and O–H groups in total. The lowest BCUT2D eigenvalue weighted by atomic mass is 10.3. The molecular weight excluding hydrogens is 342 g/mol. The van der Waals surface area contributed by atoms with Gasteiger partial charge in [0.15, 0.2) is 4.34 Å². The van der Waals surface area contributed by atoms with Crippen LogP contribution in [0.15, 0.2) is 40.9 Å². The van der Waals surface area contributed by atoms with Crippen LogP contribution in [-0.4, -0.2) is 29.2 Å². The Balaban J connectivity index is 0.00000100. The molecule has 3 rings (SSSR count). The van der Waals surface area contributed by atoms with Crippen molar-refractivity contribution in [2.45, 2.75) is 18.2 Å². The Morgan fingerprint density at radius 2 is 1.96 bits per heavy atom. The lowest BCUT2D eigenvalue weighted by Crippen LogP contribution is -2.18. The number of hydrogen-bond acceptors (Lipinski definition) is 6. The number of carbonyl (C=O) groups excluding carboxylic acids is 1. The van der Waals surface area contributed by atoms with Crippen molar-refractivity contribution in [3.05, 3.63) is 42.2 Å². The van der Waals surface area contributed by atoms with E-state index in [1.165, 1.54) is 0 Å². The zero-order valence-corrected chi connectivity index (χ0v) is 15.6. The van der Waals surface area contributed by atoms with E-state index in [1.54, 1.807) is 48.5 Å². The molecule has 7 heteroatoms. The maximum absolute atomic E-state index is 11.6. The summed E-state index contributed by atoms with van der Waals surface area (Å²) < 4.78 is 7.95. The molecule has 0 spiro atoms. The van der Waals surface area contributed by atoms with Crippen molar-refractivity contribution in [2.75, 3.05) is 13.3 Å². The van der Waals surface area contributed by atoms with Gasteiger partial charge >= 0.3 is 0 Å². The van der Waals surface area contributed by atoms with E-state index < -0.39 is 0 Å². The number of nitrogens with one attached hydrogen (secondary N) is 1. The number of thioether (sulfide) groups is 1. The summed E-state index contributed by atoms with van der Waals surface area (Å²) in [5.74, 6) is 0.998. The molecule has 0 unspecified atom stereocenters. The van der Waals surface area contributed by atoms with Gasteiger partial charge in [-0.1, -0.05) is 25.6 Å². The number of pyridine rings is 1. The maximum atomic E-state index is 11.6. The molecule has 0 bridgehead atoms.